The molecule has 1 heterocycles. The van der Waals surface area contributed by atoms with Gasteiger partial charge in [-0.3, -0.25) is 4.79 Å². The molecule has 50 valence electrons. The molecular weight excluding hydrogens is 114 g/mol. The van der Waals surface area contributed by atoms with Gasteiger partial charge in [0.1, 0.15) is 0 Å². The van der Waals surface area contributed by atoms with Gasteiger partial charge in [-0.2, -0.15) is 0 Å². The van der Waals surface area contributed by atoms with Gasteiger partial charge in [-0.1, -0.05) is 6.08 Å². The largest absolute Gasteiger partial charge is 0.333 e. The third-order valence-electron chi connectivity index (χ3n) is 1.39. The van der Waals surface area contributed by atoms with E-state index in [2.05, 4.69) is 5.32 Å². The lowest BCUT2D eigenvalue weighted by molar-refractivity contribution is -0.120. The van der Waals surface area contributed by atoms with Crippen molar-refractivity contribution in [3.63, 3.8) is 0 Å². The predicted octanol–water partition coefficient (Wildman–Crippen LogP) is 1.19. The highest BCUT2D eigenvalue weighted by Gasteiger charge is 1.98. The minimum absolute atomic E-state index is 0.144. The summed E-state index contributed by atoms with van der Waals surface area (Å²) in [6.07, 6.45) is 7.68. The van der Waals surface area contributed by atoms with E-state index < -0.39 is 0 Å². The average molecular weight is 125 g/mol. The fourth-order valence-electron chi connectivity index (χ4n) is 0.855. The van der Waals surface area contributed by atoms with E-state index in [9.17, 15) is 4.79 Å². The van der Waals surface area contributed by atoms with Gasteiger partial charge in [-0.25, -0.2) is 0 Å². The lowest BCUT2D eigenvalue weighted by atomic mass is 10.1. The fraction of sp³-hybridized carbons (Fsp3) is 0.571. The summed E-state index contributed by atoms with van der Waals surface area (Å²) >= 11 is 0. The molecule has 2 heteroatoms. The summed E-state index contributed by atoms with van der Waals surface area (Å²) < 4.78 is 0. The Morgan fingerprint density at radius 1 is 1.44 bits per heavy atom. The first kappa shape index (κ1) is 6.33. The number of hydrogen-bond donors (Lipinski definition) is 1. The molecule has 0 aromatic rings. The van der Waals surface area contributed by atoms with Gasteiger partial charge in [-0.15, -0.1) is 0 Å². The molecule has 0 radical (unpaired) electrons. The van der Waals surface area contributed by atoms with Crippen LogP contribution in [0, 0.1) is 0 Å². The molecule has 9 heavy (non-hydrogen) atoms. The standard InChI is InChI=1S/C7H11NO/c9-7-5-3-1-2-4-6-8-7/h4,6H,1-3,5H2,(H,8,9). The van der Waals surface area contributed by atoms with Gasteiger partial charge in [0.15, 0.2) is 0 Å². The second-order valence-corrected chi connectivity index (χ2v) is 2.22. The topological polar surface area (TPSA) is 29.1 Å². The maximum Gasteiger partial charge on any atom is 0.223 e. The second kappa shape index (κ2) is 3.28. The molecule has 1 aliphatic rings. The van der Waals surface area contributed by atoms with Crippen LogP contribution in [-0.4, -0.2) is 5.91 Å². The molecule has 0 aliphatic carbocycles. The first-order valence-electron chi connectivity index (χ1n) is 3.34. The maximum atomic E-state index is 10.7. The molecule has 1 aliphatic heterocycles. The average Bonchev–Trinajstić information content (AvgIpc) is 1.79. The lowest BCUT2D eigenvalue weighted by Crippen LogP contribution is -2.17. The molecule has 0 fully saturated rings. The van der Waals surface area contributed by atoms with E-state index in [4.69, 9.17) is 0 Å². The van der Waals surface area contributed by atoms with Gasteiger partial charge in [-0.05, 0) is 25.5 Å². The van der Waals surface area contributed by atoms with Crippen molar-refractivity contribution in [2.75, 3.05) is 0 Å². The molecule has 1 N–H and O–H groups in total. The smallest absolute Gasteiger partial charge is 0.223 e. The van der Waals surface area contributed by atoms with Gasteiger partial charge in [0.25, 0.3) is 0 Å². The normalized spacial score (nSPS) is 20.2. The van der Waals surface area contributed by atoms with Crippen molar-refractivity contribution in [1.29, 1.82) is 0 Å². The minimum Gasteiger partial charge on any atom is -0.333 e. The van der Waals surface area contributed by atoms with Gasteiger partial charge >= 0.3 is 0 Å². The van der Waals surface area contributed by atoms with Gasteiger partial charge < -0.3 is 5.32 Å². The Labute approximate surface area is 54.9 Å². The van der Waals surface area contributed by atoms with E-state index in [-0.39, 0.29) is 5.91 Å². The van der Waals surface area contributed by atoms with Crippen molar-refractivity contribution in [3.8, 4) is 0 Å². The number of hydrogen-bond acceptors (Lipinski definition) is 1. The van der Waals surface area contributed by atoms with Crippen LogP contribution in [0.25, 0.3) is 0 Å². The summed E-state index contributed by atoms with van der Waals surface area (Å²) in [6.45, 7) is 0. The van der Waals surface area contributed by atoms with E-state index in [0.29, 0.717) is 6.42 Å². The zero-order chi connectivity index (χ0) is 6.53. The number of amides is 1. The van der Waals surface area contributed by atoms with Crippen LogP contribution in [0.3, 0.4) is 0 Å². The molecule has 0 atom stereocenters. The number of carbonyl (C=O) groups excluding carboxylic acids is 1. The zero-order valence-corrected chi connectivity index (χ0v) is 5.39. The van der Waals surface area contributed by atoms with Crippen LogP contribution in [0.1, 0.15) is 25.7 Å². The Bertz CT molecular complexity index is 129. The first-order valence-corrected chi connectivity index (χ1v) is 3.34. The van der Waals surface area contributed by atoms with Crippen LogP contribution in [0.2, 0.25) is 0 Å². The number of nitrogens with one attached hydrogen (secondary N) is 1. The van der Waals surface area contributed by atoms with Crippen molar-refractivity contribution in [2.24, 2.45) is 0 Å². The highest BCUT2D eigenvalue weighted by atomic mass is 16.1. The first-order chi connectivity index (χ1) is 4.39. The molecule has 0 spiro atoms. The van der Waals surface area contributed by atoms with E-state index >= 15 is 0 Å². The third-order valence-corrected chi connectivity index (χ3v) is 1.39. The Hall–Kier alpha value is -0.790. The van der Waals surface area contributed by atoms with Gasteiger partial charge in [0.2, 0.25) is 5.91 Å². The Balaban J connectivity index is 2.37. The molecule has 0 saturated carbocycles. The number of carbonyl (C=O) groups is 1. The van der Waals surface area contributed by atoms with Crippen molar-refractivity contribution in [1.82, 2.24) is 5.32 Å². The fourth-order valence-corrected chi connectivity index (χ4v) is 0.855. The van der Waals surface area contributed by atoms with E-state index in [1.807, 2.05) is 6.08 Å². The zero-order valence-electron chi connectivity index (χ0n) is 5.39. The Morgan fingerprint density at radius 3 is 3.22 bits per heavy atom. The van der Waals surface area contributed by atoms with Crippen molar-refractivity contribution in [2.45, 2.75) is 25.7 Å². The summed E-state index contributed by atoms with van der Waals surface area (Å²) in [4.78, 5) is 10.7. The van der Waals surface area contributed by atoms with Gasteiger partial charge in [0.05, 0.1) is 0 Å². The van der Waals surface area contributed by atoms with Gasteiger partial charge in [0, 0.05) is 6.42 Å². The monoisotopic (exact) mass is 125 g/mol. The van der Waals surface area contributed by atoms with E-state index in [0.717, 1.165) is 19.3 Å². The van der Waals surface area contributed by atoms with E-state index in [1.54, 1.807) is 6.20 Å². The molecule has 0 saturated heterocycles. The molecule has 2 nitrogen and oxygen atoms in total. The molecule has 0 aromatic heterocycles. The highest BCUT2D eigenvalue weighted by Crippen LogP contribution is 2.02. The van der Waals surface area contributed by atoms with Crippen LogP contribution >= 0.6 is 0 Å². The molecule has 0 bridgehead atoms. The van der Waals surface area contributed by atoms with Crippen molar-refractivity contribution >= 4 is 5.91 Å². The summed E-state index contributed by atoms with van der Waals surface area (Å²) in [5.74, 6) is 0.144. The molecule has 1 amide bonds. The second-order valence-electron chi connectivity index (χ2n) is 2.22. The van der Waals surface area contributed by atoms with Crippen LogP contribution in [0.5, 0.6) is 0 Å². The summed E-state index contributed by atoms with van der Waals surface area (Å²) in [5, 5.41) is 2.66. The third kappa shape index (κ3) is 2.31. The van der Waals surface area contributed by atoms with Crippen LogP contribution < -0.4 is 5.32 Å². The predicted molar refractivity (Wildman–Crippen MR) is 35.8 cm³/mol. The quantitative estimate of drug-likeness (QED) is 0.517. The molecular formula is C7H11NO. The summed E-state index contributed by atoms with van der Waals surface area (Å²) in [6, 6.07) is 0. The number of allylic oxidation sites excluding steroid dienone is 1. The lowest BCUT2D eigenvalue weighted by Gasteiger charge is -2.02. The van der Waals surface area contributed by atoms with Crippen LogP contribution in [0.4, 0.5) is 0 Å². The number of rotatable bonds is 0. The van der Waals surface area contributed by atoms with Crippen LogP contribution in [-0.2, 0) is 4.79 Å². The highest BCUT2D eigenvalue weighted by molar-refractivity contribution is 5.76. The SMILES string of the molecule is O=C1CCCCC=CN1. The Morgan fingerprint density at radius 2 is 2.33 bits per heavy atom. The van der Waals surface area contributed by atoms with Crippen molar-refractivity contribution in [3.05, 3.63) is 12.3 Å². The van der Waals surface area contributed by atoms with Crippen LogP contribution in [0.15, 0.2) is 12.3 Å². The molecule has 1 rings (SSSR count). The Kier molecular flexibility index (Phi) is 2.31. The maximum absolute atomic E-state index is 10.7. The minimum atomic E-state index is 0.144. The summed E-state index contributed by atoms with van der Waals surface area (Å²) in [7, 11) is 0. The van der Waals surface area contributed by atoms with Crippen molar-refractivity contribution < 1.29 is 4.79 Å². The molecule has 0 unspecified atom stereocenters. The molecule has 0 aromatic carbocycles. The summed E-state index contributed by atoms with van der Waals surface area (Å²) in [5.41, 5.74) is 0. The van der Waals surface area contributed by atoms with E-state index in [1.165, 1.54) is 0 Å².